The maximum Gasteiger partial charge on any atom is 0.193 e. The number of nitrogens with two attached hydrogens (primary N) is 1. The first-order valence-corrected chi connectivity index (χ1v) is 8.53. The molecule has 144 valence electrons. The van der Waals surface area contributed by atoms with Crippen molar-refractivity contribution in [2.24, 2.45) is 10.7 Å². The molecule has 3 aromatic rings. The molecule has 6 nitrogen and oxygen atoms in total. The first kappa shape index (κ1) is 21.2. The number of ether oxygens (including phenoxy) is 2. The molecule has 0 amide bonds. The molecule has 0 fully saturated rings. The number of H-pyrrole nitrogens is 1. The van der Waals surface area contributed by atoms with Crippen molar-refractivity contribution < 1.29 is 9.47 Å². The van der Waals surface area contributed by atoms with Gasteiger partial charge in [0.1, 0.15) is 11.5 Å². The summed E-state index contributed by atoms with van der Waals surface area (Å²) in [7, 11) is 3.21. The van der Waals surface area contributed by atoms with Crippen LogP contribution < -0.4 is 20.5 Å². The molecule has 1 aromatic heterocycles. The lowest BCUT2D eigenvalue weighted by Crippen LogP contribution is -2.23. The van der Waals surface area contributed by atoms with Gasteiger partial charge in [0.15, 0.2) is 5.96 Å². The fraction of sp³-hybridized carbons (Fsp3) is 0.211. The minimum absolute atomic E-state index is 0. The molecule has 0 aliphatic carbocycles. The Morgan fingerprint density at radius 2 is 2.00 bits per heavy atom. The molecule has 3 rings (SSSR count). The second-order valence-electron chi connectivity index (χ2n) is 5.71. The number of rotatable bonds is 6. The third-order valence-electron chi connectivity index (χ3n) is 4.06. The topological polar surface area (TPSA) is 84.7 Å². The summed E-state index contributed by atoms with van der Waals surface area (Å²) in [6.45, 7) is 0.546. The van der Waals surface area contributed by atoms with Gasteiger partial charge in [-0.15, -0.1) is 24.0 Å². The van der Waals surface area contributed by atoms with Crippen molar-refractivity contribution in [3.05, 3.63) is 53.2 Å². The summed E-state index contributed by atoms with van der Waals surface area (Å²) in [4.78, 5) is 7.63. The van der Waals surface area contributed by atoms with Crippen molar-refractivity contribution in [3.63, 3.8) is 0 Å². The molecule has 0 radical (unpaired) electrons. The van der Waals surface area contributed by atoms with E-state index in [-0.39, 0.29) is 24.0 Å². The molecule has 2 aromatic carbocycles. The van der Waals surface area contributed by atoms with Gasteiger partial charge in [0.05, 0.1) is 19.9 Å². The number of halogens is 2. The number of hydrogen-bond acceptors (Lipinski definition) is 3. The zero-order valence-corrected chi connectivity index (χ0v) is 18.2. The normalized spacial score (nSPS) is 11.1. The van der Waals surface area contributed by atoms with Gasteiger partial charge in [0.25, 0.3) is 0 Å². The number of aromatic nitrogens is 1. The predicted molar refractivity (Wildman–Crippen MR) is 122 cm³/mol. The Morgan fingerprint density at radius 1 is 1.19 bits per heavy atom. The molecule has 0 aliphatic rings. The largest absolute Gasteiger partial charge is 0.497 e. The molecular weight excluding hydrogens is 479 g/mol. The number of hydrogen-bond donors (Lipinski definition) is 3. The van der Waals surface area contributed by atoms with Gasteiger partial charge in [-0.3, -0.25) is 4.99 Å². The number of nitrogens with one attached hydrogen (secondary N) is 2. The molecule has 8 heteroatoms. The molecule has 0 saturated heterocycles. The molecule has 0 spiro atoms. The van der Waals surface area contributed by atoms with Crippen molar-refractivity contribution in [2.75, 3.05) is 26.1 Å². The molecule has 27 heavy (non-hydrogen) atoms. The van der Waals surface area contributed by atoms with E-state index in [0.29, 0.717) is 34.7 Å². The second kappa shape index (κ2) is 9.70. The van der Waals surface area contributed by atoms with Crippen LogP contribution in [0, 0.1) is 0 Å². The minimum atomic E-state index is 0. The van der Waals surface area contributed by atoms with Gasteiger partial charge in [-0.25, -0.2) is 0 Å². The smallest absolute Gasteiger partial charge is 0.193 e. The zero-order valence-electron chi connectivity index (χ0n) is 15.1. The predicted octanol–water partition coefficient (Wildman–Crippen LogP) is 4.43. The highest BCUT2D eigenvalue weighted by Crippen LogP contribution is 2.28. The second-order valence-corrected chi connectivity index (χ2v) is 6.15. The van der Waals surface area contributed by atoms with E-state index in [9.17, 15) is 0 Å². The van der Waals surface area contributed by atoms with Crippen LogP contribution in [-0.2, 0) is 6.42 Å². The summed E-state index contributed by atoms with van der Waals surface area (Å²) in [6, 6.07) is 11.2. The third-order valence-corrected chi connectivity index (χ3v) is 4.30. The molecule has 0 saturated carbocycles. The number of benzene rings is 2. The third kappa shape index (κ3) is 5.20. The van der Waals surface area contributed by atoms with Crippen LogP contribution >= 0.6 is 35.6 Å². The quantitative estimate of drug-likeness (QED) is 0.266. The lowest BCUT2D eigenvalue weighted by Gasteiger charge is -2.12. The van der Waals surface area contributed by atoms with Crippen LogP contribution in [0.3, 0.4) is 0 Å². The number of fused-ring (bicyclic) bond motifs is 1. The molecule has 4 N–H and O–H groups in total. The average Bonchev–Trinajstić information content (AvgIpc) is 3.03. The van der Waals surface area contributed by atoms with E-state index < -0.39 is 0 Å². The van der Waals surface area contributed by atoms with Crippen LogP contribution in [0.4, 0.5) is 5.69 Å². The Kier molecular flexibility index (Phi) is 7.61. The first-order chi connectivity index (χ1) is 12.6. The summed E-state index contributed by atoms with van der Waals surface area (Å²) >= 11 is 6.08. The number of guanidine groups is 1. The van der Waals surface area contributed by atoms with Crippen LogP contribution in [0.2, 0.25) is 5.02 Å². The van der Waals surface area contributed by atoms with Gasteiger partial charge in [-0.2, -0.15) is 0 Å². The number of methoxy groups -OCH3 is 2. The fourth-order valence-corrected chi connectivity index (χ4v) is 2.92. The van der Waals surface area contributed by atoms with Gasteiger partial charge in [-0.05, 0) is 42.3 Å². The zero-order chi connectivity index (χ0) is 18.5. The Hall–Kier alpha value is -2.13. The standard InChI is InChI=1S/C19H21ClN4O2.HI/c1-25-14-4-6-18(26-2)17(10-14)24-19(21)22-8-7-12-11-23-16-5-3-13(20)9-15(12)16;/h3-6,9-11,23H,7-8H2,1-2H3,(H3,21,22,24);1H. The van der Waals surface area contributed by atoms with Crippen molar-refractivity contribution in [3.8, 4) is 11.5 Å². The molecule has 0 atom stereocenters. The minimum Gasteiger partial charge on any atom is -0.497 e. The monoisotopic (exact) mass is 500 g/mol. The number of aliphatic imine (C=N–C) groups is 1. The van der Waals surface area contributed by atoms with Gasteiger partial charge in [0, 0.05) is 34.7 Å². The van der Waals surface area contributed by atoms with Crippen molar-refractivity contribution >= 4 is 58.1 Å². The highest BCUT2D eigenvalue weighted by Gasteiger charge is 2.07. The highest BCUT2D eigenvalue weighted by atomic mass is 127. The van der Waals surface area contributed by atoms with Gasteiger partial charge < -0.3 is 25.5 Å². The van der Waals surface area contributed by atoms with Gasteiger partial charge in [0.2, 0.25) is 0 Å². The molecule has 1 heterocycles. The van der Waals surface area contributed by atoms with Crippen LogP contribution in [-0.4, -0.2) is 31.7 Å². The van der Waals surface area contributed by atoms with Crippen LogP contribution in [0.15, 0.2) is 47.6 Å². The summed E-state index contributed by atoms with van der Waals surface area (Å²) in [5.41, 5.74) is 8.92. The van der Waals surface area contributed by atoms with E-state index in [1.54, 1.807) is 14.2 Å². The SMILES string of the molecule is COc1ccc(OC)c(NC(N)=NCCc2c[nH]c3ccc(Cl)cc23)c1.I. The Morgan fingerprint density at radius 3 is 2.74 bits per heavy atom. The van der Waals surface area contributed by atoms with Crippen LogP contribution in [0.25, 0.3) is 10.9 Å². The molecular formula is C19H22ClIN4O2. The van der Waals surface area contributed by atoms with E-state index in [1.165, 1.54) is 0 Å². The van der Waals surface area contributed by atoms with Crippen LogP contribution in [0.5, 0.6) is 11.5 Å². The van der Waals surface area contributed by atoms with Gasteiger partial charge in [-0.1, -0.05) is 11.6 Å². The average molecular weight is 501 g/mol. The first-order valence-electron chi connectivity index (χ1n) is 8.15. The summed E-state index contributed by atoms with van der Waals surface area (Å²) < 4.78 is 10.5. The Labute approximate surface area is 180 Å². The Balaban J connectivity index is 0.00000261. The Bertz CT molecular complexity index is 943. The summed E-state index contributed by atoms with van der Waals surface area (Å²) in [6.07, 6.45) is 2.73. The number of nitrogens with zero attached hydrogens (tertiary/aromatic N) is 1. The van der Waals surface area contributed by atoms with E-state index in [0.717, 1.165) is 22.9 Å². The number of anilines is 1. The van der Waals surface area contributed by atoms with Gasteiger partial charge >= 0.3 is 0 Å². The molecule has 0 unspecified atom stereocenters. The van der Waals surface area contributed by atoms with Crippen LogP contribution in [0.1, 0.15) is 5.56 Å². The van der Waals surface area contributed by atoms with E-state index >= 15 is 0 Å². The molecule has 0 aliphatic heterocycles. The van der Waals surface area contributed by atoms with Crippen molar-refractivity contribution in [1.29, 1.82) is 0 Å². The summed E-state index contributed by atoms with van der Waals surface area (Å²) in [5.74, 6) is 1.68. The lowest BCUT2D eigenvalue weighted by molar-refractivity contribution is 0.405. The highest BCUT2D eigenvalue weighted by molar-refractivity contribution is 14.0. The number of aromatic amines is 1. The van der Waals surface area contributed by atoms with E-state index in [2.05, 4.69) is 15.3 Å². The maximum atomic E-state index is 6.08. The lowest BCUT2D eigenvalue weighted by atomic mass is 10.1. The fourth-order valence-electron chi connectivity index (χ4n) is 2.74. The molecule has 0 bridgehead atoms. The summed E-state index contributed by atoms with van der Waals surface area (Å²) in [5, 5.41) is 4.88. The van der Waals surface area contributed by atoms with E-state index in [1.807, 2.05) is 42.6 Å². The van der Waals surface area contributed by atoms with Crippen molar-refractivity contribution in [1.82, 2.24) is 4.98 Å². The maximum absolute atomic E-state index is 6.08. The van der Waals surface area contributed by atoms with Crippen molar-refractivity contribution in [2.45, 2.75) is 6.42 Å². The van der Waals surface area contributed by atoms with E-state index in [4.69, 9.17) is 26.8 Å².